The van der Waals surface area contributed by atoms with E-state index in [1.165, 1.54) is 13.0 Å². The van der Waals surface area contributed by atoms with Crippen molar-refractivity contribution in [3.8, 4) is 0 Å². The van der Waals surface area contributed by atoms with Crippen LogP contribution in [0.2, 0.25) is 0 Å². The molecule has 134 valence electrons. The molecule has 0 bridgehead atoms. The molecular formula is C17H24O7. The topological polar surface area (TPSA) is 118 Å². The second-order valence-electron chi connectivity index (χ2n) is 4.14. The van der Waals surface area contributed by atoms with Crippen LogP contribution < -0.4 is 0 Å². The molecule has 0 spiro atoms. The molecule has 0 atom stereocenters. The number of carbonyl (C=O) groups excluding carboxylic acids is 2. The first-order valence-electron chi connectivity index (χ1n) is 6.85. The van der Waals surface area contributed by atoms with Gasteiger partial charge in [-0.1, -0.05) is 33.1 Å². The van der Waals surface area contributed by atoms with Crippen LogP contribution >= 0.6 is 0 Å². The Balaban J connectivity index is -0.000000363. The summed E-state index contributed by atoms with van der Waals surface area (Å²) in [5, 5.41) is 16.2. The van der Waals surface area contributed by atoms with Gasteiger partial charge in [-0.15, -0.1) is 0 Å². The van der Waals surface area contributed by atoms with Crippen molar-refractivity contribution in [1.29, 1.82) is 0 Å². The summed E-state index contributed by atoms with van der Waals surface area (Å²) in [6, 6.07) is 0. The summed E-state index contributed by atoms with van der Waals surface area (Å²) in [6.45, 7) is 13.4. The van der Waals surface area contributed by atoms with E-state index in [4.69, 9.17) is 19.7 Å². The number of aldehydes is 1. The Morgan fingerprint density at radius 3 is 1.88 bits per heavy atom. The number of esters is 1. The molecule has 0 aliphatic rings. The molecule has 0 unspecified atom stereocenters. The lowest BCUT2D eigenvalue weighted by atomic mass is 10.3. The molecule has 0 saturated heterocycles. The number of carboxylic acid groups (broad SMARTS) is 2. The lowest BCUT2D eigenvalue weighted by Crippen LogP contribution is -2.07. The maximum Gasteiger partial charge on any atom is 0.337 e. The molecule has 24 heavy (non-hydrogen) atoms. The van der Waals surface area contributed by atoms with Gasteiger partial charge < -0.3 is 14.9 Å². The molecule has 0 fully saturated rings. The summed E-state index contributed by atoms with van der Waals surface area (Å²) in [7, 11) is 0. The summed E-state index contributed by atoms with van der Waals surface area (Å²) in [4.78, 5) is 39.8. The highest BCUT2D eigenvalue weighted by molar-refractivity contribution is 5.93. The minimum absolute atomic E-state index is 0.0449. The van der Waals surface area contributed by atoms with Gasteiger partial charge >= 0.3 is 17.9 Å². The van der Waals surface area contributed by atoms with Gasteiger partial charge in [0.2, 0.25) is 0 Å². The fourth-order valence-electron chi connectivity index (χ4n) is 0.642. The standard InChI is InChI=1S/C10H14O4.C4H6O2.C3H4O/c1-3-4-7-14-10(13)8(2)5-6-9(11)12;1-3(2)4(5)6;1-2-3-4/h5-6H,2-4,7H2,1H3,(H,11,12);1H2,2H3,(H,5,6);2-3H,1H2. The van der Waals surface area contributed by atoms with Crippen molar-refractivity contribution in [2.45, 2.75) is 26.7 Å². The second-order valence-corrected chi connectivity index (χ2v) is 4.14. The summed E-state index contributed by atoms with van der Waals surface area (Å²) in [5.41, 5.74) is 0.221. The van der Waals surface area contributed by atoms with E-state index in [0.717, 1.165) is 25.0 Å². The number of hydrogen-bond acceptors (Lipinski definition) is 5. The molecule has 7 heteroatoms. The Kier molecular flexibility index (Phi) is 19.6. The molecule has 0 aliphatic carbocycles. The van der Waals surface area contributed by atoms with Gasteiger partial charge in [0.05, 0.1) is 12.2 Å². The predicted octanol–water partition coefficient (Wildman–Crippen LogP) is 2.55. The normalized spacial score (nSPS) is 8.58. The van der Waals surface area contributed by atoms with Gasteiger partial charge in [0.1, 0.15) is 6.29 Å². The maximum atomic E-state index is 11.1. The molecule has 0 amide bonds. The number of hydrogen-bond donors (Lipinski definition) is 2. The Morgan fingerprint density at radius 1 is 1.12 bits per heavy atom. The third kappa shape index (κ3) is 24.1. The number of ether oxygens (including phenoxy) is 1. The molecule has 0 aliphatic heterocycles. The maximum absolute atomic E-state index is 11.1. The average molecular weight is 340 g/mol. The number of carbonyl (C=O) groups is 4. The highest BCUT2D eigenvalue weighted by atomic mass is 16.5. The molecule has 0 aromatic carbocycles. The van der Waals surface area contributed by atoms with Crippen LogP contribution in [0.25, 0.3) is 0 Å². The summed E-state index contributed by atoms with van der Waals surface area (Å²) < 4.78 is 4.79. The van der Waals surface area contributed by atoms with Crippen LogP contribution in [0.15, 0.2) is 49.1 Å². The number of carboxylic acids is 2. The number of allylic oxidation sites excluding steroid dienone is 1. The van der Waals surface area contributed by atoms with Crippen molar-refractivity contribution in [1.82, 2.24) is 0 Å². The molecule has 0 rings (SSSR count). The molecule has 0 aromatic heterocycles. The van der Waals surface area contributed by atoms with E-state index in [-0.39, 0.29) is 11.1 Å². The van der Waals surface area contributed by atoms with Crippen molar-refractivity contribution in [2.75, 3.05) is 6.61 Å². The fraction of sp³-hybridized carbons (Fsp3) is 0.294. The summed E-state index contributed by atoms with van der Waals surface area (Å²) >= 11 is 0. The molecule has 0 saturated carbocycles. The minimum atomic E-state index is -1.12. The quantitative estimate of drug-likeness (QED) is 0.229. The molecule has 7 nitrogen and oxygen atoms in total. The third-order valence-corrected chi connectivity index (χ3v) is 1.88. The monoisotopic (exact) mass is 340 g/mol. The van der Waals surface area contributed by atoms with Gasteiger partial charge in [0.25, 0.3) is 0 Å². The molecule has 0 aromatic rings. The highest BCUT2D eigenvalue weighted by Crippen LogP contribution is 1.98. The first kappa shape index (κ1) is 26.0. The van der Waals surface area contributed by atoms with Crippen LogP contribution in [0.5, 0.6) is 0 Å². The van der Waals surface area contributed by atoms with Crippen LogP contribution in [-0.4, -0.2) is 41.0 Å². The summed E-state index contributed by atoms with van der Waals surface area (Å²) in [5.74, 6) is -2.63. The highest BCUT2D eigenvalue weighted by Gasteiger charge is 2.04. The van der Waals surface area contributed by atoms with E-state index in [9.17, 15) is 14.4 Å². The zero-order chi connectivity index (χ0) is 19.5. The smallest absolute Gasteiger partial charge is 0.337 e. The zero-order valence-corrected chi connectivity index (χ0v) is 14.0. The first-order valence-corrected chi connectivity index (χ1v) is 6.85. The van der Waals surface area contributed by atoms with E-state index < -0.39 is 17.9 Å². The van der Waals surface area contributed by atoms with Crippen LogP contribution in [0, 0.1) is 0 Å². The van der Waals surface area contributed by atoms with Crippen LogP contribution in [0.4, 0.5) is 0 Å². The molecule has 0 heterocycles. The van der Waals surface area contributed by atoms with Crippen molar-refractivity contribution >= 4 is 24.2 Å². The van der Waals surface area contributed by atoms with E-state index in [1.54, 1.807) is 0 Å². The van der Waals surface area contributed by atoms with Crippen LogP contribution in [0.3, 0.4) is 0 Å². The minimum Gasteiger partial charge on any atom is -0.478 e. The average Bonchev–Trinajstić information content (AvgIpc) is 2.53. The molecule has 0 radical (unpaired) electrons. The van der Waals surface area contributed by atoms with Crippen molar-refractivity contribution in [3.05, 3.63) is 49.1 Å². The Labute approximate surface area is 141 Å². The van der Waals surface area contributed by atoms with Gasteiger partial charge in [-0.25, -0.2) is 14.4 Å². The van der Waals surface area contributed by atoms with Gasteiger partial charge in [-0.3, -0.25) is 4.79 Å². The van der Waals surface area contributed by atoms with Gasteiger partial charge in [-0.05, 0) is 25.5 Å². The van der Waals surface area contributed by atoms with Crippen molar-refractivity contribution in [2.24, 2.45) is 0 Å². The fourth-order valence-corrected chi connectivity index (χ4v) is 0.642. The van der Waals surface area contributed by atoms with E-state index in [2.05, 4.69) is 19.7 Å². The number of rotatable bonds is 8. The van der Waals surface area contributed by atoms with Crippen LogP contribution in [-0.2, 0) is 23.9 Å². The lowest BCUT2D eigenvalue weighted by Gasteiger charge is -2.02. The number of aliphatic carboxylic acids is 2. The zero-order valence-electron chi connectivity index (χ0n) is 14.0. The van der Waals surface area contributed by atoms with Gasteiger partial charge in [0, 0.05) is 11.6 Å². The van der Waals surface area contributed by atoms with Gasteiger partial charge in [0.15, 0.2) is 0 Å². The SMILES string of the molecule is C=C(C)C(=O)O.C=C(C=CC(=O)O)C(=O)OCCCC.C=CC=O. The molecular weight excluding hydrogens is 316 g/mol. The Hall–Kier alpha value is -2.96. The predicted molar refractivity (Wildman–Crippen MR) is 90.5 cm³/mol. The second kappa shape index (κ2) is 18.1. The largest absolute Gasteiger partial charge is 0.478 e. The van der Waals surface area contributed by atoms with Crippen molar-refractivity contribution < 1.29 is 34.1 Å². The number of unbranched alkanes of at least 4 members (excludes halogenated alkanes) is 1. The molecule has 2 N–H and O–H groups in total. The Morgan fingerprint density at radius 2 is 1.58 bits per heavy atom. The Bertz CT molecular complexity index is 469. The lowest BCUT2D eigenvalue weighted by molar-refractivity contribution is -0.138. The van der Waals surface area contributed by atoms with Crippen molar-refractivity contribution in [3.63, 3.8) is 0 Å². The van der Waals surface area contributed by atoms with Gasteiger partial charge in [-0.2, -0.15) is 0 Å². The van der Waals surface area contributed by atoms with Crippen LogP contribution in [0.1, 0.15) is 26.7 Å². The first-order chi connectivity index (χ1) is 11.1. The van der Waals surface area contributed by atoms with E-state index in [1.807, 2.05) is 6.92 Å². The van der Waals surface area contributed by atoms with E-state index >= 15 is 0 Å². The third-order valence-electron chi connectivity index (χ3n) is 1.88. The van der Waals surface area contributed by atoms with E-state index in [0.29, 0.717) is 12.9 Å². The summed E-state index contributed by atoms with van der Waals surface area (Å²) in [6.07, 6.45) is 5.53.